The number of carbonyl (C=O) groups is 2. The Morgan fingerprint density at radius 2 is 1.64 bits per heavy atom. The van der Waals surface area contributed by atoms with Gasteiger partial charge in [0, 0.05) is 16.1 Å². The van der Waals surface area contributed by atoms with Gasteiger partial charge in [0.1, 0.15) is 5.75 Å². The number of esters is 1. The van der Waals surface area contributed by atoms with Crippen LogP contribution in [-0.2, 0) is 9.84 Å². The third kappa shape index (κ3) is 3.05. The molecule has 1 aliphatic rings. The molecule has 140 valence electrons. The van der Waals surface area contributed by atoms with Gasteiger partial charge in [-0.1, -0.05) is 23.7 Å². The number of hydrogen-bond acceptors (Lipinski definition) is 5. The molecular formula is C20H10BrClO5S. The molecule has 0 aliphatic carbocycles. The minimum absolute atomic E-state index is 0.0105. The first-order valence-corrected chi connectivity index (χ1v) is 10.6. The molecule has 0 saturated carbocycles. The highest BCUT2D eigenvalue weighted by Gasteiger charge is 2.35. The maximum atomic E-state index is 12.9. The summed E-state index contributed by atoms with van der Waals surface area (Å²) >= 11 is 9.12. The van der Waals surface area contributed by atoms with Gasteiger partial charge in [-0.05, 0) is 64.5 Å². The zero-order valence-electron chi connectivity index (χ0n) is 14.0. The van der Waals surface area contributed by atoms with Gasteiger partial charge in [0.2, 0.25) is 9.84 Å². The molecule has 0 N–H and O–H groups in total. The Labute approximate surface area is 174 Å². The summed E-state index contributed by atoms with van der Waals surface area (Å²) in [5, 5.41) is 0.462. The first kappa shape index (κ1) is 18.9. The summed E-state index contributed by atoms with van der Waals surface area (Å²) in [5.74, 6) is -0.926. The number of halogens is 2. The lowest BCUT2D eigenvalue weighted by Gasteiger charge is -2.19. The summed E-state index contributed by atoms with van der Waals surface area (Å²) in [6.07, 6.45) is 0. The Morgan fingerprint density at radius 3 is 2.39 bits per heavy atom. The fourth-order valence-electron chi connectivity index (χ4n) is 2.93. The second kappa shape index (κ2) is 6.84. The van der Waals surface area contributed by atoms with Gasteiger partial charge in [0.25, 0.3) is 0 Å². The van der Waals surface area contributed by atoms with Crippen LogP contribution < -0.4 is 4.74 Å². The molecule has 0 fully saturated rings. The number of carbonyl (C=O) groups excluding carboxylic acids is 2. The van der Waals surface area contributed by atoms with Crippen molar-refractivity contribution in [3.63, 3.8) is 0 Å². The van der Waals surface area contributed by atoms with Crippen LogP contribution in [-0.4, -0.2) is 20.2 Å². The van der Waals surface area contributed by atoms with E-state index in [0.717, 1.165) is 0 Å². The fraction of sp³-hybridized carbons (Fsp3) is 0. The lowest BCUT2D eigenvalue weighted by Crippen LogP contribution is -2.21. The summed E-state index contributed by atoms with van der Waals surface area (Å²) in [6, 6.07) is 14.5. The predicted molar refractivity (Wildman–Crippen MR) is 106 cm³/mol. The van der Waals surface area contributed by atoms with E-state index in [1.807, 2.05) is 0 Å². The minimum atomic E-state index is -3.93. The van der Waals surface area contributed by atoms with Gasteiger partial charge in [0.05, 0.1) is 19.8 Å². The van der Waals surface area contributed by atoms with Gasteiger partial charge in [-0.3, -0.25) is 4.79 Å². The smallest absolute Gasteiger partial charge is 0.343 e. The van der Waals surface area contributed by atoms with Crippen LogP contribution in [0.2, 0.25) is 5.02 Å². The van der Waals surface area contributed by atoms with E-state index < -0.39 is 21.6 Å². The molecule has 0 atom stereocenters. The highest BCUT2D eigenvalue weighted by molar-refractivity contribution is 9.10. The van der Waals surface area contributed by atoms with Gasteiger partial charge in [-0.15, -0.1) is 0 Å². The second-order valence-electron chi connectivity index (χ2n) is 6.00. The van der Waals surface area contributed by atoms with Crippen LogP contribution in [0.25, 0.3) is 0 Å². The van der Waals surface area contributed by atoms with Crippen LogP contribution >= 0.6 is 27.5 Å². The molecule has 0 unspecified atom stereocenters. The van der Waals surface area contributed by atoms with Gasteiger partial charge in [-0.2, -0.15) is 0 Å². The second-order valence-corrected chi connectivity index (χ2v) is 9.18. The van der Waals surface area contributed by atoms with Crippen molar-refractivity contribution in [1.82, 2.24) is 0 Å². The highest BCUT2D eigenvalue weighted by atomic mass is 79.9. The van der Waals surface area contributed by atoms with Crippen LogP contribution in [0.4, 0.5) is 0 Å². The first-order valence-electron chi connectivity index (χ1n) is 7.99. The highest BCUT2D eigenvalue weighted by Crippen LogP contribution is 2.35. The minimum Gasteiger partial charge on any atom is -0.422 e. The number of ketones is 1. The number of rotatable bonds is 2. The Balaban J connectivity index is 1.76. The maximum absolute atomic E-state index is 12.9. The van der Waals surface area contributed by atoms with E-state index in [1.165, 1.54) is 36.4 Å². The quantitative estimate of drug-likeness (QED) is 0.309. The van der Waals surface area contributed by atoms with Crippen LogP contribution in [0, 0.1) is 0 Å². The molecule has 4 rings (SSSR count). The van der Waals surface area contributed by atoms with Gasteiger partial charge in [-0.25, -0.2) is 13.2 Å². The van der Waals surface area contributed by atoms with Crippen LogP contribution in [0.15, 0.2) is 74.9 Å². The normalized spacial score (nSPS) is 14.1. The number of fused-ring (bicyclic) bond motifs is 2. The van der Waals surface area contributed by atoms with Crippen LogP contribution in [0.1, 0.15) is 26.3 Å². The fourth-order valence-corrected chi connectivity index (χ4v) is 5.37. The first-order chi connectivity index (χ1) is 13.3. The molecule has 28 heavy (non-hydrogen) atoms. The van der Waals surface area contributed by atoms with E-state index in [1.54, 1.807) is 24.3 Å². The van der Waals surface area contributed by atoms with Crippen molar-refractivity contribution in [3.8, 4) is 5.75 Å². The Kier molecular flexibility index (Phi) is 4.61. The summed E-state index contributed by atoms with van der Waals surface area (Å²) in [7, 11) is -3.93. The topological polar surface area (TPSA) is 77.5 Å². The molecule has 0 radical (unpaired) electrons. The Morgan fingerprint density at radius 1 is 0.929 bits per heavy atom. The Bertz CT molecular complexity index is 1270. The lowest BCUT2D eigenvalue weighted by atomic mass is 10.0. The Hall–Kier alpha value is -2.48. The maximum Gasteiger partial charge on any atom is 0.343 e. The molecule has 0 spiro atoms. The number of sulfone groups is 1. The number of ether oxygens (including phenoxy) is 1. The molecule has 5 nitrogen and oxygen atoms in total. The third-order valence-electron chi connectivity index (χ3n) is 4.27. The average Bonchev–Trinajstić information content (AvgIpc) is 2.68. The van der Waals surface area contributed by atoms with Crippen molar-refractivity contribution in [1.29, 1.82) is 0 Å². The van der Waals surface area contributed by atoms with Gasteiger partial charge >= 0.3 is 5.97 Å². The molecule has 3 aromatic rings. The van der Waals surface area contributed by atoms with Crippen molar-refractivity contribution < 1.29 is 22.7 Å². The van der Waals surface area contributed by atoms with Crippen LogP contribution in [0.3, 0.4) is 0 Å². The van der Waals surface area contributed by atoms with Crippen molar-refractivity contribution in [2.75, 3.05) is 0 Å². The van der Waals surface area contributed by atoms with Gasteiger partial charge < -0.3 is 4.74 Å². The van der Waals surface area contributed by atoms with E-state index in [0.29, 0.717) is 9.50 Å². The third-order valence-corrected chi connectivity index (χ3v) is 6.98. The van der Waals surface area contributed by atoms with Crippen LogP contribution in [0.5, 0.6) is 5.75 Å². The monoisotopic (exact) mass is 476 g/mol. The largest absolute Gasteiger partial charge is 0.422 e. The van der Waals surface area contributed by atoms with Crippen molar-refractivity contribution in [2.45, 2.75) is 9.79 Å². The lowest BCUT2D eigenvalue weighted by molar-refractivity contribution is 0.0732. The average molecular weight is 478 g/mol. The van der Waals surface area contributed by atoms with Gasteiger partial charge in [0.15, 0.2) is 5.78 Å². The molecule has 3 aromatic carbocycles. The summed E-state index contributed by atoms with van der Waals surface area (Å²) in [6.45, 7) is 0. The molecule has 0 aromatic heterocycles. The summed E-state index contributed by atoms with van der Waals surface area (Å²) in [5.41, 5.74) is 0.162. The van der Waals surface area contributed by atoms with E-state index in [-0.39, 0.29) is 32.2 Å². The van der Waals surface area contributed by atoms with E-state index in [2.05, 4.69) is 15.9 Å². The predicted octanol–water partition coefficient (Wildman–Crippen LogP) is 4.70. The molecule has 0 saturated heterocycles. The molecule has 8 heteroatoms. The zero-order valence-corrected chi connectivity index (χ0v) is 17.1. The molecular weight excluding hydrogens is 468 g/mol. The van der Waals surface area contributed by atoms with Crippen molar-refractivity contribution in [3.05, 3.63) is 86.8 Å². The number of hydrogen-bond donors (Lipinski definition) is 0. The summed E-state index contributed by atoms with van der Waals surface area (Å²) < 4.78 is 31.7. The van der Waals surface area contributed by atoms with E-state index >= 15 is 0 Å². The van der Waals surface area contributed by atoms with Crippen molar-refractivity contribution in [2.24, 2.45) is 0 Å². The standard InChI is InChI=1S/C20H10BrClO5S/c21-15-10-12(22)6-8-16(15)27-20(24)11-5-7-14-18(9-11)28(25,26)17-4-2-1-3-13(17)19(14)23/h1-10H. The van der Waals surface area contributed by atoms with E-state index in [9.17, 15) is 18.0 Å². The summed E-state index contributed by atoms with van der Waals surface area (Å²) in [4.78, 5) is 24.9. The molecule has 0 bridgehead atoms. The molecule has 0 amide bonds. The zero-order chi connectivity index (χ0) is 20.1. The molecule has 1 aliphatic heterocycles. The van der Waals surface area contributed by atoms with E-state index in [4.69, 9.17) is 16.3 Å². The number of benzene rings is 3. The van der Waals surface area contributed by atoms with Crippen molar-refractivity contribution >= 4 is 49.1 Å². The molecule has 1 heterocycles. The SMILES string of the molecule is O=C(Oc1ccc(Cl)cc1Br)c1ccc2c(c1)S(=O)(=O)c1ccccc1C2=O.